The van der Waals surface area contributed by atoms with Gasteiger partial charge in [0.2, 0.25) is 0 Å². The molecule has 1 aromatic rings. The fourth-order valence-corrected chi connectivity index (χ4v) is 3.81. The molecule has 5 nitrogen and oxygen atoms in total. The Kier molecular flexibility index (Phi) is 9.96. The van der Waals surface area contributed by atoms with Gasteiger partial charge in [-0.05, 0) is 72.1 Å². The molecule has 0 unspecified atom stereocenters. The largest absolute Gasteiger partial charge is 0.444 e. The molecular weight excluding hydrogens is 467 g/mol. The average Bonchev–Trinajstić information content (AvgIpc) is 2.81. The first-order chi connectivity index (χ1) is 16.8. The predicted molar refractivity (Wildman–Crippen MR) is 140 cm³/mol. The molecule has 1 aromatic heterocycles. The van der Waals surface area contributed by atoms with E-state index in [4.69, 9.17) is 4.74 Å². The second kappa shape index (κ2) is 12.3. The third kappa shape index (κ3) is 8.28. The summed E-state index contributed by atoms with van der Waals surface area (Å²) in [5, 5.41) is 0. The Hall–Kier alpha value is -3.03. The maximum atomic E-state index is 13.3. The summed E-state index contributed by atoms with van der Waals surface area (Å²) in [5.41, 5.74) is 1.97. The highest BCUT2D eigenvalue weighted by Gasteiger charge is 2.32. The van der Waals surface area contributed by atoms with Crippen LogP contribution < -0.4 is 4.90 Å². The number of amides is 1. The predicted octanol–water partition coefficient (Wildman–Crippen LogP) is 7.68. The number of carbonyl (C=O) groups is 1. The molecule has 1 aliphatic rings. The van der Waals surface area contributed by atoms with Gasteiger partial charge < -0.3 is 14.5 Å². The Morgan fingerprint density at radius 3 is 2.39 bits per heavy atom. The number of piperidine rings is 1. The number of hydrogen-bond acceptors (Lipinski definition) is 4. The lowest BCUT2D eigenvalue weighted by Crippen LogP contribution is -2.48. The van der Waals surface area contributed by atoms with Crippen LogP contribution in [0.25, 0.3) is 6.08 Å². The van der Waals surface area contributed by atoms with Crippen LogP contribution in [0.4, 0.5) is 23.7 Å². The van der Waals surface area contributed by atoms with Gasteiger partial charge in [-0.25, -0.2) is 4.79 Å². The van der Waals surface area contributed by atoms with Gasteiger partial charge in [-0.1, -0.05) is 31.2 Å². The summed E-state index contributed by atoms with van der Waals surface area (Å²) in [4.78, 5) is 20.6. The lowest BCUT2D eigenvalue weighted by atomic mass is 9.99. The van der Waals surface area contributed by atoms with E-state index >= 15 is 0 Å². The molecule has 36 heavy (non-hydrogen) atoms. The zero-order valence-electron chi connectivity index (χ0n) is 22.2. The standard InChI is InChI=1S/C28H38F3N3O2/c1-8-20(3)18-24(11-10-21(4)28(29,30)31)34(25-19-32-15-12-22(25)9-2)23-13-16-33(17-14-23)26(35)36-27(5,6)7/h9-12,15,18-19,23H,2,8,13-14,16-17H2,1,3-7H3/b20-18+,21-10+,24-11+. The minimum Gasteiger partial charge on any atom is -0.444 e. The number of ether oxygens (including phenoxy) is 1. The van der Waals surface area contributed by atoms with Crippen molar-refractivity contribution in [2.24, 2.45) is 0 Å². The van der Waals surface area contributed by atoms with Crippen LogP contribution in [0.15, 0.2) is 60.1 Å². The first-order valence-electron chi connectivity index (χ1n) is 12.2. The van der Waals surface area contributed by atoms with Crippen LogP contribution in [-0.4, -0.2) is 46.9 Å². The summed E-state index contributed by atoms with van der Waals surface area (Å²) in [5.74, 6) is 0. The van der Waals surface area contributed by atoms with E-state index in [0.717, 1.165) is 36.2 Å². The molecule has 0 N–H and O–H groups in total. The summed E-state index contributed by atoms with van der Waals surface area (Å²) in [6.07, 6.45) is 6.85. The summed E-state index contributed by atoms with van der Waals surface area (Å²) in [6.45, 7) is 15.4. The minimum atomic E-state index is -4.41. The van der Waals surface area contributed by atoms with Crippen LogP contribution >= 0.6 is 0 Å². The van der Waals surface area contributed by atoms with Gasteiger partial charge in [-0.3, -0.25) is 4.98 Å². The third-order valence-corrected chi connectivity index (χ3v) is 5.97. The second-order valence-corrected chi connectivity index (χ2v) is 9.99. The Morgan fingerprint density at radius 2 is 1.86 bits per heavy atom. The average molecular weight is 506 g/mol. The van der Waals surface area contributed by atoms with Gasteiger partial charge in [0.15, 0.2) is 0 Å². The number of carbonyl (C=O) groups excluding carboxylic acids is 1. The van der Waals surface area contributed by atoms with E-state index in [1.165, 1.54) is 6.08 Å². The number of rotatable bonds is 7. The van der Waals surface area contributed by atoms with Gasteiger partial charge in [-0.2, -0.15) is 13.2 Å². The van der Waals surface area contributed by atoms with Gasteiger partial charge in [0.1, 0.15) is 5.60 Å². The van der Waals surface area contributed by atoms with Crippen molar-refractivity contribution in [2.45, 2.75) is 78.6 Å². The molecule has 8 heteroatoms. The van der Waals surface area contributed by atoms with E-state index in [1.54, 1.807) is 23.4 Å². The number of aromatic nitrogens is 1. The van der Waals surface area contributed by atoms with Gasteiger partial charge in [-0.15, -0.1) is 0 Å². The summed E-state index contributed by atoms with van der Waals surface area (Å²) < 4.78 is 45.3. The number of nitrogens with zero attached hydrogens (tertiary/aromatic N) is 3. The number of likely N-dealkylation sites (tertiary alicyclic amines) is 1. The molecule has 2 heterocycles. The van der Waals surface area contributed by atoms with Crippen molar-refractivity contribution >= 4 is 17.9 Å². The van der Waals surface area contributed by atoms with Crippen molar-refractivity contribution in [1.82, 2.24) is 9.88 Å². The molecule has 2 rings (SSSR count). The molecule has 0 spiro atoms. The van der Waals surface area contributed by atoms with Crippen molar-refractivity contribution in [3.63, 3.8) is 0 Å². The molecule has 1 amide bonds. The number of alkyl halides is 3. The number of anilines is 1. The van der Waals surface area contributed by atoms with Crippen LogP contribution in [0.2, 0.25) is 0 Å². The second-order valence-electron chi connectivity index (χ2n) is 9.99. The van der Waals surface area contributed by atoms with E-state index in [1.807, 2.05) is 51.7 Å². The number of allylic oxidation sites excluding steroid dienone is 5. The van der Waals surface area contributed by atoms with Gasteiger partial charge in [0.05, 0.1) is 11.9 Å². The van der Waals surface area contributed by atoms with Crippen LogP contribution in [-0.2, 0) is 4.74 Å². The van der Waals surface area contributed by atoms with Crippen LogP contribution in [0.5, 0.6) is 0 Å². The Balaban J connectivity index is 2.52. The highest BCUT2D eigenvalue weighted by molar-refractivity contribution is 5.70. The number of hydrogen-bond donors (Lipinski definition) is 0. The monoisotopic (exact) mass is 505 g/mol. The molecule has 0 radical (unpaired) electrons. The first-order valence-corrected chi connectivity index (χ1v) is 12.2. The maximum absolute atomic E-state index is 13.3. The van der Waals surface area contributed by atoms with E-state index in [-0.39, 0.29) is 12.1 Å². The fraction of sp³-hybridized carbons (Fsp3) is 0.500. The van der Waals surface area contributed by atoms with E-state index in [2.05, 4.69) is 11.6 Å². The summed E-state index contributed by atoms with van der Waals surface area (Å²) in [6, 6.07) is 1.76. The zero-order chi connectivity index (χ0) is 27.1. The van der Waals surface area contributed by atoms with Crippen molar-refractivity contribution < 1.29 is 22.7 Å². The lowest BCUT2D eigenvalue weighted by molar-refractivity contribution is -0.0913. The SMILES string of the molecule is C=Cc1ccncc1N(C(/C=C(\C)CC)=C/C=C(\C)C(F)(F)F)C1CCN(C(=O)OC(C)(C)C)CC1. The molecule has 0 aliphatic carbocycles. The Morgan fingerprint density at radius 1 is 1.22 bits per heavy atom. The Bertz CT molecular complexity index is 1010. The summed E-state index contributed by atoms with van der Waals surface area (Å²) >= 11 is 0. The van der Waals surface area contributed by atoms with E-state index < -0.39 is 17.4 Å². The van der Waals surface area contributed by atoms with E-state index in [0.29, 0.717) is 31.6 Å². The zero-order valence-corrected chi connectivity index (χ0v) is 22.2. The lowest BCUT2D eigenvalue weighted by Gasteiger charge is -2.41. The van der Waals surface area contributed by atoms with Crippen molar-refractivity contribution in [1.29, 1.82) is 0 Å². The van der Waals surface area contributed by atoms with Gasteiger partial charge in [0, 0.05) is 42.2 Å². The first kappa shape index (κ1) is 29.2. The van der Waals surface area contributed by atoms with Crippen LogP contribution in [0.3, 0.4) is 0 Å². The van der Waals surface area contributed by atoms with Crippen molar-refractivity contribution in [3.05, 3.63) is 65.7 Å². The molecular formula is C28H38F3N3O2. The third-order valence-electron chi connectivity index (χ3n) is 5.97. The van der Waals surface area contributed by atoms with E-state index in [9.17, 15) is 18.0 Å². The topological polar surface area (TPSA) is 45.7 Å². The molecule has 0 aromatic carbocycles. The van der Waals surface area contributed by atoms with Crippen LogP contribution in [0.1, 0.15) is 66.4 Å². The molecule has 1 aliphatic heterocycles. The number of pyridine rings is 1. The molecule has 0 atom stereocenters. The van der Waals surface area contributed by atoms with Gasteiger partial charge in [0.25, 0.3) is 0 Å². The smallest absolute Gasteiger partial charge is 0.412 e. The molecule has 0 bridgehead atoms. The number of halogens is 3. The highest BCUT2D eigenvalue weighted by Crippen LogP contribution is 2.33. The highest BCUT2D eigenvalue weighted by atomic mass is 19.4. The normalized spacial score (nSPS) is 16.7. The Labute approximate surface area is 213 Å². The molecule has 198 valence electrons. The van der Waals surface area contributed by atoms with Gasteiger partial charge >= 0.3 is 12.3 Å². The molecule has 1 saturated heterocycles. The molecule has 0 saturated carbocycles. The quantitative estimate of drug-likeness (QED) is 0.357. The summed E-state index contributed by atoms with van der Waals surface area (Å²) in [7, 11) is 0. The van der Waals surface area contributed by atoms with Crippen molar-refractivity contribution in [2.75, 3.05) is 18.0 Å². The fourth-order valence-electron chi connectivity index (χ4n) is 3.81. The minimum absolute atomic E-state index is 0.0710. The van der Waals surface area contributed by atoms with Crippen molar-refractivity contribution in [3.8, 4) is 0 Å². The van der Waals surface area contributed by atoms with Crippen LogP contribution in [0, 0.1) is 0 Å². The maximum Gasteiger partial charge on any atom is 0.412 e. The molecule has 1 fully saturated rings.